The van der Waals surface area contributed by atoms with Gasteiger partial charge in [-0.3, -0.25) is 4.79 Å². The van der Waals surface area contributed by atoms with Gasteiger partial charge in [-0.2, -0.15) is 0 Å². The molecule has 0 bridgehead atoms. The summed E-state index contributed by atoms with van der Waals surface area (Å²) in [7, 11) is 0. The molecule has 7 heteroatoms. The van der Waals surface area contributed by atoms with Crippen LogP contribution in [0.3, 0.4) is 0 Å². The molecule has 0 aliphatic carbocycles. The van der Waals surface area contributed by atoms with Gasteiger partial charge in [0.05, 0.1) is 24.4 Å². The van der Waals surface area contributed by atoms with Crippen molar-refractivity contribution in [2.75, 3.05) is 31.3 Å². The largest absolute Gasteiger partial charge is 0.493 e. The molecule has 0 radical (unpaired) electrons. The summed E-state index contributed by atoms with van der Waals surface area (Å²) in [5.74, 6) is 0.893. The standard InChI is InChI=1S/C25H27FN2O4/c1-3-4-11-31-25-17(2)23(27-22-9-8-18(26)13-21(22)25)15-32-20-7-5-6-19(14-20)28-10-12-30-16-24(28)29/h5-9,13-14H,3-4,10-12,15-16H2,1-2H3. The second-order valence-electron chi connectivity index (χ2n) is 7.76. The van der Waals surface area contributed by atoms with Gasteiger partial charge in [-0.05, 0) is 43.7 Å². The number of aromatic nitrogens is 1. The van der Waals surface area contributed by atoms with Crippen molar-refractivity contribution in [3.05, 3.63) is 59.5 Å². The Hall–Kier alpha value is -3.19. The molecule has 0 N–H and O–H groups in total. The number of hydrogen-bond donors (Lipinski definition) is 0. The van der Waals surface area contributed by atoms with Gasteiger partial charge in [-0.15, -0.1) is 0 Å². The smallest absolute Gasteiger partial charge is 0.253 e. The number of pyridine rings is 1. The van der Waals surface area contributed by atoms with E-state index >= 15 is 0 Å². The Bertz CT molecular complexity index is 1120. The number of halogens is 1. The zero-order valence-electron chi connectivity index (χ0n) is 18.4. The molecule has 3 aromatic rings. The fraction of sp³-hybridized carbons (Fsp3) is 0.360. The first-order valence-electron chi connectivity index (χ1n) is 10.9. The third kappa shape index (κ3) is 4.83. The molecule has 1 aliphatic rings. The summed E-state index contributed by atoms with van der Waals surface area (Å²) < 4.78 is 31.1. The van der Waals surface area contributed by atoms with Crippen LogP contribution in [0.5, 0.6) is 11.5 Å². The van der Waals surface area contributed by atoms with E-state index in [1.54, 1.807) is 11.0 Å². The van der Waals surface area contributed by atoms with Crippen LogP contribution in [0.25, 0.3) is 10.9 Å². The molecule has 1 amide bonds. The monoisotopic (exact) mass is 438 g/mol. The van der Waals surface area contributed by atoms with Crippen LogP contribution in [0, 0.1) is 12.7 Å². The van der Waals surface area contributed by atoms with E-state index in [0.717, 1.165) is 29.8 Å². The van der Waals surface area contributed by atoms with Crippen molar-refractivity contribution in [3.63, 3.8) is 0 Å². The zero-order valence-corrected chi connectivity index (χ0v) is 18.4. The van der Waals surface area contributed by atoms with Gasteiger partial charge in [0.25, 0.3) is 5.91 Å². The van der Waals surface area contributed by atoms with Crippen molar-refractivity contribution in [1.29, 1.82) is 0 Å². The quantitative estimate of drug-likeness (QED) is 0.473. The molecular weight excluding hydrogens is 411 g/mol. The third-order valence-electron chi connectivity index (χ3n) is 5.47. The number of nitrogens with zero attached hydrogens (tertiary/aromatic N) is 2. The first kappa shape index (κ1) is 22.0. The number of anilines is 1. The molecule has 6 nitrogen and oxygen atoms in total. The minimum Gasteiger partial charge on any atom is -0.493 e. The van der Waals surface area contributed by atoms with E-state index in [9.17, 15) is 9.18 Å². The SMILES string of the molecule is CCCCOc1c(C)c(COc2cccc(N3CCOCC3=O)c2)nc2ccc(F)cc12. The van der Waals surface area contributed by atoms with E-state index in [-0.39, 0.29) is 24.9 Å². The molecular formula is C25H27FN2O4. The summed E-state index contributed by atoms with van der Waals surface area (Å²) in [6, 6.07) is 11.9. The number of ether oxygens (including phenoxy) is 3. The highest BCUT2D eigenvalue weighted by atomic mass is 19.1. The van der Waals surface area contributed by atoms with Gasteiger partial charge in [-0.1, -0.05) is 19.4 Å². The van der Waals surface area contributed by atoms with Crippen LogP contribution in [-0.2, 0) is 16.1 Å². The fourth-order valence-corrected chi connectivity index (χ4v) is 3.68. The highest BCUT2D eigenvalue weighted by molar-refractivity contribution is 5.95. The topological polar surface area (TPSA) is 60.9 Å². The van der Waals surface area contributed by atoms with E-state index in [0.29, 0.717) is 42.2 Å². The van der Waals surface area contributed by atoms with Crippen LogP contribution >= 0.6 is 0 Å². The molecule has 2 aromatic carbocycles. The lowest BCUT2D eigenvalue weighted by atomic mass is 10.1. The maximum Gasteiger partial charge on any atom is 0.253 e. The van der Waals surface area contributed by atoms with Crippen LogP contribution in [0.2, 0.25) is 0 Å². The zero-order chi connectivity index (χ0) is 22.5. The Morgan fingerprint density at radius 2 is 2.06 bits per heavy atom. The molecule has 32 heavy (non-hydrogen) atoms. The van der Waals surface area contributed by atoms with Gasteiger partial charge >= 0.3 is 0 Å². The van der Waals surface area contributed by atoms with Gasteiger partial charge < -0.3 is 19.1 Å². The average molecular weight is 438 g/mol. The molecule has 0 unspecified atom stereocenters. The maximum absolute atomic E-state index is 13.9. The van der Waals surface area contributed by atoms with Crippen molar-refractivity contribution < 1.29 is 23.4 Å². The van der Waals surface area contributed by atoms with E-state index in [1.807, 2.05) is 31.2 Å². The Labute approximate surface area is 186 Å². The summed E-state index contributed by atoms with van der Waals surface area (Å²) in [5, 5.41) is 0.662. The highest BCUT2D eigenvalue weighted by Gasteiger charge is 2.20. The lowest BCUT2D eigenvalue weighted by molar-refractivity contribution is -0.125. The van der Waals surface area contributed by atoms with Crippen LogP contribution in [0.15, 0.2) is 42.5 Å². The molecule has 1 aromatic heterocycles. The summed E-state index contributed by atoms with van der Waals surface area (Å²) in [6.07, 6.45) is 1.92. The number of carbonyl (C=O) groups excluding carboxylic acids is 1. The number of rotatable bonds is 8. The molecule has 2 heterocycles. The summed E-state index contributed by atoms with van der Waals surface area (Å²) >= 11 is 0. The van der Waals surface area contributed by atoms with E-state index in [1.165, 1.54) is 12.1 Å². The molecule has 168 valence electrons. The van der Waals surface area contributed by atoms with E-state index in [2.05, 4.69) is 6.92 Å². The van der Waals surface area contributed by atoms with Crippen molar-refractivity contribution in [2.45, 2.75) is 33.3 Å². The number of unbranched alkanes of at least 4 members (excludes halogenated alkanes) is 1. The van der Waals surface area contributed by atoms with Crippen molar-refractivity contribution >= 4 is 22.5 Å². The summed E-state index contributed by atoms with van der Waals surface area (Å²) in [5.41, 5.74) is 3.00. The van der Waals surface area contributed by atoms with Crippen LogP contribution in [-0.4, -0.2) is 37.3 Å². The lowest BCUT2D eigenvalue weighted by Gasteiger charge is -2.27. The molecule has 1 aliphatic heterocycles. The molecule has 1 saturated heterocycles. The summed E-state index contributed by atoms with van der Waals surface area (Å²) in [6.45, 7) is 5.92. The van der Waals surface area contributed by atoms with Crippen molar-refractivity contribution in [2.24, 2.45) is 0 Å². The van der Waals surface area contributed by atoms with Crippen molar-refractivity contribution in [3.8, 4) is 11.5 Å². The number of carbonyl (C=O) groups is 1. The predicted molar refractivity (Wildman–Crippen MR) is 121 cm³/mol. The van der Waals surface area contributed by atoms with Crippen LogP contribution in [0.1, 0.15) is 31.0 Å². The number of fused-ring (bicyclic) bond motifs is 1. The Balaban J connectivity index is 1.58. The third-order valence-corrected chi connectivity index (χ3v) is 5.47. The Kier molecular flexibility index (Phi) is 6.85. The minimum atomic E-state index is -0.322. The number of hydrogen-bond acceptors (Lipinski definition) is 5. The summed E-state index contributed by atoms with van der Waals surface area (Å²) in [4.78, 5) is 18.5. The second-order valence-corrected chi connectivity index (χ2v) is 7.76. The van der Waals surface area contributed by atoms with E-state index in [4.69, 9.17) is 19.2 Å². The van der Waals surface area contributed by atoms with Gasteiger partial charge in [0.2, 0.25) is 0 Å². The van der Waals surface area contributed by atoms with Crippen LogP contribution < -0.4 is 14.4 Å². The first-order chi connectivity index (χ1) is 15.6. The normalized spacial score (nSPS) is 14.1. The van der Waals surface area contributed by atoms with Gasteiger partial charge in [-0.25, -0.2) is 9.37 Å². The van der Waals surface area contributed by atoms with Crippen LogP contribution in [0.4, 0.5) is 10.1 Å². The Morgan fingerprint density at radius 3 is 2.88 bits per heavy atom. The number of benzene rings is 2. The molecule has 1 fully saturated rings. The lowest BCUT2D eigenvalue weighted by Crippen LogP contribution is -2.41. The van der Waals surface area contributed by atoms with Crippen molar-refractivity contribution in [1.82, 2.24) is 4.98 Å². The number of morpholine rings is 1. The Morgan fingerprint density at radius 1 is 1.19 bits per heavy atom. The average Bonchev–Trinajstić information content (AvgIpc) is 2.80. The minimum absolute atomic E-state index is 0.0680. The molecule has 0 spiro atoms. The first-order valence-corrected chi connectivity index (χ1v) is 10.9. The highest BCUT2D eigenvalue weighted by Crippen LogP contribution is 2.32. The predicted octanol–water partition coefficient (Wildman–Crippen LogP) is 4.80. The second kappa shape index (κ2) is 9.96. The fourth-order valence-electron chi connectivity index (χ4n) is 3.68. The molecule has 0 saturated carbocycles. The van der Waals surface area contributed by atoms with Gasteiger partial charge in [0.1, 0.15) is 30.5 Å². The van der Waals surface area contributed by atoms with Gasteiger partial charge in [0.15, 0.2) is 0 Å². The molecule has 0 atom stereocenters. The number of amides is 1. The van der Waals surface area contributed by atoms with E-state index < -0.39 is 0 Å². The maximum atomic E-state index is 13.9. The van der Waals surface area contributed by atoms with Gasteiger partial charge in [0, 0.05) is 29.2 Å². The molecule has 4 rings (SSSR count).